The van der Waals surface area contributed by atoms with Gasteiger partial charge in [-0.1, -0.05) is 30.3 Å². The lowest BCUT2D eigenvalue weighted by Crippen LogP contribution is -2.30. The quantitative estimate of drug-likeness (QED) is 0.909. The van der Waals surface area contributed by atoms with Gasteiger partial charge < -0.3 is 5.11 Å². The summed E-state index contributed by atoms with van der Waals surface area (Å²) in [6.45, 7) is 2.10. The third-order valence-electron chi connectivity index (χ3n) is 5.16. The van der Waals surface area contributed by atoms with Crippen molar-refractivity contribution in [3.8, 4) is 0 Å². The fraction of sp³-hybridized carbons (Fsp3) is 0.526. The standard InChI is InChI=1S/C19H24N2OS/c22-17(14-6-2-1-3-7-14)12-15-8-5-11-21(15)13-19-20-16-9-4-10-18(16)23-19/h1-3,6-7,15,17,22H,4-5,8-13H2. The number of likely N-dealkylation sites (tertiary alicyclic amines) is 1. The molecule has 2 heterocycles. The highest BCUT2D eigenvalue weighted by Crippen LogP contribution is 2.32. The first-order chi connectivity index (χ1) is 11.3. The highest BCUT2D eigenvalue weighted by molar-refractivity contribution is 7.11. The highest BCUT2D eigenvalue weighted by atomic mass is 32.1. The van der Waals surface area contributed by atoms with Crippen molar-refractivity contribution in [2.45, 2.75) is 57.2 Å². The topological polar surface area (TPSA) is 36.4 Å². The van der Waals surface area contributed by atoms with Crippen LogP contribution in [0.2, 0.25) is 0 Å². The van der Waals surface area contributed by atoms with Gasteiger partial charge in [0.05, 0.1) is 18.3 Å². The molecule has 4 rings (SSSR count). The second-order valence-electron chi connectivity index (χ2n) is 6.76. The minimum Gasteiger partial charge on any atom is -0.388 e. The van der Waals surface area contributed by atoms with Crippen molar-refractivity contribution in [2.75, 3.05) is 6.54 Å². The Morgan fingerprint density at radius 3 is 2.91 bits per heavy atom. The third-order valence-corrected chi connectivity index (χ3v) is 6.30. The second-order valence-corrected chi connectivity index (χ2v) is 7.93. The molecule has 0 spiro atoms. The monoisotopic (exact) mass is 328 g/mol. The third kappa shape index (κ3) is 3.35. The van der Waals surface area contributed by atoms with E-state index in [1.54, 1.807) is 0 Å². The molecule has 1 aliphatic heterocycles. The van der Waals surface area contributed by atoms with Crippen LogP contribution < -0.4 is 0 Å². The maximum absolute atomic E-state index is 10.5. The number of aliphatic hydroxyl groups excluding tert-OH is 1. The number of aryl methyl sites for hydroxylation is 2. The van der Waals surface area contributed by atoms with Gasteiger partial charge in [-0.15, -0.1) is 11.3 Å². The van der Waals surface area contributed by atoms with Gasteiger partial charge in [0.25, 0.3) is 0 Å². The molecule has 0 amide bonds. The predicted molar refractivity (Wildman–Crippen MR) is 93.6 cm³/mol. The molecule has 1 saturated heterocycles. The molecule has 0 radical (unpaired) electrons. The van der Waals surface area contributed by atoms with Crippen LogP contribution in [0.15, 0.2) is 30.3 Å². The molecule has 1 aliphatic carbocycles. The molecule has 23 heavy (non-hydrogen) atoms. The SMILES string of the molecule is OC(CC1CCCN1Cc1nc2c(s1)CCC2)c1ccccc1. The fourth-order valence-corrected chi connectivity index (χ4v) is 5.11. The number of aromatic nitrogens is 1. The van der Waals surface area contributed by atoms with Crippen LogP contribution in [0.25, 0.3) is 0 Å². The zero-order chi connectivity index (χ0) is 15.6. The first-order valence-corrected chi connectivity index (χ1v) is 9.56. The molecule has 1 N–H and O–H groups in total. The minimum atomic E-state index is -0.358. The lowest BCUT2D eigenvalue weighted by Gasteiger charge is -2.25. The van der Waals surface area contributed by atoms with Gasteiger partial charge >= 0.3 is 0 Å². The number of hydrogen-bond acceptors (Lipinski definition) is 4. The lowest BCUT2D eigenvalue weighted by molar-refractivity contribution is 0.118. The van der Waals surface area contributed by atoms with Crippen LogP contribution in [0.3, 0.4) is 0 Å². The molecule has 2 unspecified atom stereocenters. The molecule has 0 bridgehead atoms. The van der Waals surface area contributed by atoms with Gasteiger partial charge in [-0.25, -0.2) is 4.98 Å². The van der Waals surface area contributed by atoms with Gasteiger partial charge in [0.2, 0.25) is 0 Å². The number of rotatable bonds is 5. The van der Waals surface area contributed by atoms with Crippen molar-refractivity contribution in [1.29, 1.82) is 0 Å². The van der Waals surface area contributed by atoms with E-state index < -0.39 is 0 Å². The number of thiazole rings is 1. The minimum absolute atomic E-state index is 0.358. The normalized spacial score (nSPS) is 22.4. The molecule has 2 aromatic rings. The van der Waals surface area contributed by atoms with Crippen molar-refractivity contribution in [2.24, 2.45) is 0 Å². The molecule has 3 nitrogen and oxygen atoms in total. The summed E-state index contributed by atoms with van der Waals surface area (Å²) in [5.41, 5.74) is 2.39. The molecule has 2 atom stereocenters. The summed E-state index contributed by atoms with van der Waals surface area (Å²) in [5, 5.41) is 11.8. The van der Waals surface area contributed by atoms with E-state index in [0.29, 0.717) is 6.04 Å². The van der Waals surface area contributed by atoms with Gasteiger partial charge in [-0.3, -0.25) is 4.90 Å². The van der Waals surface area contributed by atoms with Crippen LogP contribution in [0.5, 0.6) is 0 Å². The van der Waals surface area contributed by atoms with Gasteiger partial charge in [0.15, 0.2) is 0 Å². The van der Waals surface area contributed by atoms with E-state index in [1.807, 2.05) is 41.7 Å². The van der Waals surface area contributed by atoms with E-state index in [-0.39, 0.29) is 6.10 Å². The largest absolute Gasteiger partial charge is 0.388 e. The summed E-state index contributed by atoms with van der Waals surface area (Å²) in [6, 6.07) is 10.5. The van der Waals surface area contributed by atoms with E-state index >= 15 is 0 Å². The van der Waals surface area contributed by atoms with Crippen molar-refractivity contribution in [3.05, 3.63) is 51.5 Å². The Hall–Kier alpha value is -1.23. The molecular formula is C19H24N2OS. The van der Waals surface area contributed by atoms with Crippen molar-refractivity contribution >= 4 is 11.3 Å². The Labute approximate surface area is 142 Å². The Morgan fingerprint density at radius 2 is 2.09 bits per heavy atom. The van der Waals surface area contributed by atoms with Crippen LogP contribution >= 0.6 is 11.3 Å². The molecular weight excluding hydrogens is 304 g/mol. The Kier molecular flexibility index (Phi) is 4.47. The Balaban J connectivity index is 1.40. The predicted octanol–water partition coefficient (Wildman–Crippen LogP) is 3.72. The molecule has 4 heteroatoms. The first kappa shape index (κ1) is 15.3. The first-order valence-electron chi connectivity index (χ1n) is 8.74. The van der Waals surface area contributed by atoms with Gasteiger partial charge in [-0.2, -0.15) is 0 Å². The number of aliphatic hydroxyl groups is 1. The van der Waals surface area contributed by atoms with E-state index in [4.69, 9.17) is 4.98 Å². The van der Waals surface area contributed by atoms with Crippen LogP contribution in [0.4, 0.5) is 0 Å². The van der Waals surface area contributed by atoms with E-state index in [0.717, 1.165) is 25.1 Å². The van der Waals surface area contributed by atoms with Crippen molar-refractivity contribution in [3.63, 3.8) is 0 Å². The summed E-state index contributed by atoms with van der Waals surface area (Å²) < 4.78 is 0. The van der Waals surface area contributed by atoms with E-state index in [9.17, 15) is 5.11 Å². The molecule has 1 aromatic carbocycles. The highest BCUT2D eigenvalue weighted by Gasteiger charge is 2.28. The summed E-state index contributed by atoms with van der Waals surface area (Å²) >= 11 is 1.91. The van der Waals surface area contributed by atoms with Gasteiger partial charge in [-0.05, 0) is 50.6 Å². The van der Waals surface area contributed by atoms with Gasteiger partial charge in [0.1, 0.15) is 5.01 Å². The van der Waals surface area contributed by atoms with Crippen LogP contribution in [-0.4, -0.2) is 27.6 Å². The maximum atomic E-state index is 10.5. The van der Waals surface area contributed by atoms with Crippen LogP contribution in [0, 0.1) is 0 Å². The summed E-state index contributed by atoms with van der Waals surface area (Å²) in [6.07, 6.45) is 6.57. The number of fused-ring (bicyclic) bond motifs is 1. The van der Waals surface area contributed by atoms with Crippen LogP contribution in [-0.2, 0) is 19.4 Å². The zero-order valence-corrected chi connectivity index (χ0v) is 14.3. The summed E-state index contributed by atoms with van der Waals surface area (Å²) in [7, 11) is 0. The van der Waals surface area contributed by atoms with Crippen molar-refractivity contribution < 1.29 is 5.11 Å². The molecule has 122 valence electrons. The molecule has 2 aliphatic rings. The zero-order valence-electron chi connectivity index (χ0n) is 13.4. The molecule has 1 fully saturated rings. The van der Waals surface area contributed by atoms with Crippen LogP contribution in [0.1, 0.15) is 52.9 Å². The molecule has 0 saturated carbocycles. The van der Waals surface area contributed by atoms with Crippen molar-refractivity contribution in [1.82, 2.24) is 9.88 Å². The average molecular weight is 328 g/mol. The fourth-order valence-electron chi connectivity index (χ4n) is 3.92. The summed E-state index contributed by atoms with van der Waals surface area (Å²) in [4.78, 5) is 8.88. The van der Waals surface area contributed by atoms with E-state index in [1.165, 1.54) is 47.7 Å². The van der Waals surface area contributed by atoms with Gasteiger partial charge in [0, 0.05) is 10.9 Å². The number of benzene rings is 1. The number of nitrogens with zero attached hydrogens (tertiary/aromatic N) is 2. The smallest absolute Gasteiger partial charge is 0.107 e. The average Bonchev–Trinajstić information content (AvgIpc) is 3.26. The second kappa shape index (κ2) is 6.71. The maximum Gasteiger partial charge on any atom is 0.107 e. The number of hydrogen-bond donors (Lipinski definition) is 1. The molecule has 1 aromatic heterocycles. The van der Waals surface area contributed by atoms with E-state index in [2.05, 4.69) is 4.90 Å². The lowest BCUT2D eigenvalue weighted by atomic mass is 10.0. The Morgan fingerprint density at radius 1 is 1.22 bits per heavy atom. The summed E-state index contributed by atoms with van der Waals surface area (Å²) in [5.74, 6) is 0. The Bertz CT molecular complexity index is 633.